The van der Waals surface area contributed by atoms with Crippen molar-refractivity contribution in [1.29, 1.82) is 0 Å². The summed E-state index contributed by atoms with van der Waals surface area (Å²) in [7, 11) is 0. The van der Waals surface area contributed by atoms with E-state index in [1.807, 2.05) is 33.9 Å². The summed E-state index contributed by atoms with van der Waals surface area (Å²) in [6.07, 6.45) is 3.29. The summed E-state index contributed by atoms with van der Waals surface area (Å²) >= 11 is 3.22. The van der Waals surface area contributed by atoms with Crippen LogP contribution in [0.5, 0.6) is 0 Å². The number of likely N-dealkylation sites (tertiary alicyclic amines) is 1. The smallest absolute Gasteiger partial charge is 0.228 e. The average Bonchev–Trinajstić information content (AvgIpc) is 3.48. The van der Waals surface area contributed by atoms with E-state index < -0.39 is 0 Å². The number of carbonyl (C=O) groups is 2. The molecule has 3 aromatic heterocycles. The Bertz CT molecular complexity index is 911. The number of rotatable bonds is 6. The lowest BCUT2D eigenvalue weighted by atomic mass is 9.95. The van der Waals surface area contributed by atoms with Crippen molar-refractivity contribution in [1.82, 2.24) is 15.2 Å². The van der Waals surface area contributed by atoms with Crippen LogP contribution in [0.25, 0.3) is 9.88 Å². The monoisotopic (exact) mass is 415 g/mol. The standard InChI is InChI=1S/C20H21N3O3S2/c24-18(11-15-13-28-20(22-15)17-4-2-10-27-17)23-7-5-14(6-8-23)19(25)21-12-16-3-1-9-26-16/h1-4,9-10,13-14H,5-8,11-12H2,(H,21,25). The van der Waals surface area contributed by atoms with Gasteiger partial charge < -0.3 is 14.6 Å². The fourth-order valence-corrected chi connectivity index (χ4v) is 4.93. The molecule has 0 atom stereocenters. The summed E-state index contributed by atoms with van der Waals surface area (Å²) in [5.41, 5.74) is 0.816. The first-order valence-corrected chi connectivity index (χ1v) is 11.0. The minimum atomic E-state index is -0.0521. The number of amides is 2. The van der Waals surface area contributed by atoms with Gasteiger partial charge in [-0.15, -0.1) is 22.7 Å². The number of nitrogens with one attached hydrogen (secondary N) is 1. The molecule has 1 N–H and O–H groups in total. The Morgan fingerprint density at radius 3 is 2.79 bits per heavy atom. The van der Waals surface area contributed by atoms with E-state index >= 15 is 0 Å². The van der Waals surface area contributed by atoms with Crippen molar-refractivity contribution in [3.63, 3.8) is 0 Å². The van der Waals surface area contributed by atoms with Gasteiger partial charge in [-0.3, -0.25) is 9.59 Å². The predicted octanol–water partition coefficient (Wildman–Crippen LogP) is 3.56. The molecule has 3 aromatic rings. The Labute approximate surface area is 171 Å². The van der Waals surface area contributed by atoms with Gasteiger partial charge in [-0.1, -0.05) is 6.07 Å². The lowest BCUT2D eigenvalue weighted by Gasteiger charge is -2.31. The summed E-state index contributed by atoms with van der Waals surface area (Å²) in [6, 6.07) is 7.68. The molecule has 0 aromatic carbocycles. The highest BCUT2D eigenvalue weighted by molar-refractivity contribution is 7.20. The van der Waals surface area contributed by atoms with Gasteiger partial charge in [-0.25, -0.2) is 4.98 Å². The molecule has 28 heavy (non-hydrogen) atoms. The summed E-state index contributed by atoms with van der Waals surface area (Å²) in [5, 5.41) is 7.86. The lowest BCUT2D eigenvalue weighted by Crippen LogP contribution is -2.43. The molecule has 0 bridgehead atoms. The molecule has 2 amide bonds. The summed E-state index contributed by atoms with van der Waals surface area (Å²) < 4.78 is 5.23. The molecular weight excluding hydrogens is 394 g/mol. The van der Waals surface area contributed by atoms with Crippen LogP contribution in [0.4, 0.5) is 0 Å². The first kappa shape index (κ1) is 18.9. The van der Waals surface area contributed by atoms with Gasteiger partial charge in [0.15, 0.2) is 0 Å². The van der Waals surface area contributed by atoms with Crippen LogP contribution in [0.15, 0.2) is 45.7 Å². The molecule has 4 heterocycles. The van der Waals surface area contributed by atoms with E-state index in [-0.39, 0.29) is 17.7 Å². The maximum Gasteiger partial charge on any atom is 0.228 e. The van der Waals surface area contributed by atoms with Crippen LogP contribution in [0.3, 0.4) is 0 Å². The Balaban J connectivity index is 1.24. The highest BCUT2D eigenvalue weighted by Gasteiger charge is 2.27. The fraction of sp³-hybridized carbons (Fsp3) is 0.350. The second-order valence-electron chi connectivity index (χ2n) is 6.75. The maximum atomic E-state index is 12.6. The average molecular weight is 416 g/mol. The van der Waals surface area contributed by atoms with Crippen molar-refractivity contribution in [3.8, 4) is 9.88 Å². The van der Waals surface area contributed by atoms with Crippen LogP contribution >= 0.6 is 22.7 Å². The van der Waals surface area contributed by atoms with E-state index in [1.165, 1.54) is 0 Å². The molecule has 0 aliphatic carbocycles. The SMILES string of the molecule is O=C(NCc1ccco1)C1CCN(C(=O)Cc2csc(-c3cccs3)n2)CC1. The third kappa shape index (κ3) is 4.51. The molecule has 0 radical (unpaired) electrons. The van der Waals surface area contributed by atoms with Crippen molar-refractivity contribution < 1.29 is 14.0 Å². The van der Waals surface area contributed by atoms with Crippen molar-refractivity contribution in [2.24, 2.45) is 5.92 Å². The molecule has 1 fully saturated rings. The molecule has 0 unspecified atom stereocenters. The molecule has 6 nitrogen and oxygen atoms in total. The van der Waals surface area contributed by atoms with Gasteiger partial charge in [0.2, 0.25) is 11.8 Å². The number of nitrogens with zero attached hydrogens (tertiary/aromatic N) is 2. The van der Waals surface area contributed by atoms with Crippen molar-refractivity contribution >= 4 is 34.5 Å². The molecule has 0 saturated carbocycles. The topological polar surface area (TPSA) is 75.4 Å². The van der Waals surface area contributed by atoms with Gasteiger partial charge in [0.1, 0.15) is 10.8 Å². The summed E-state index contributed by atoms with van der Waals surface area (Å²) in [6.45, 7) is 1.63. The zero-order valence-electron chi connectivity index (χ0n) is 15.3. The van der Waals surface area contributed by atoms with E-state index in [2.05, 4.69) is 10.3 Å². The number of thiophene rings is 1. The highest BCUT2D eigenvalue weighted by Crippen LogP contribution is 2.28. The quantitative estimate of drug-likeness (QED) is 0.668. The summed E-state index contributed by atoms with van der Waals surface area (Å²) in [5.74, 6) is 0.802. The van der Waals surface area contributed by atoms with E-state index in [0.29, 0.717) is 38.9 Å². The van der Waals surface area contributed by atoms with Gasteiger partial charge in [-0.2, -0.15) is 0 Å². The molecule has 0 spiro atoms. The molecule has 1 aliphatic heterocycles. The second-order valence-corrected chi connectivity index (χ2v) is 8.56. The first-order valence-electron chi connectivity index (χ1n) is 9.25. The van der Waals surface area contributed by atoms with Crippen molar-refractivity contribution in [2.75, 3.05) is 13.1 Å². The van der Waals surface area contributed by atoms with Crippen LogP contribution in [0.2, 0.25) is 0 Å². The van der Waals surface area contributed by atoms with Gasteiger partial charge in [0, 0.05) is 24.4 Å². The number of furan rings is 1. The Kier molecular flexibility index (Phi) is 5.87. The maximum absolute atomic E-state index is 12.6. The third-order valence-corrected chi connectivity index (χ3v) is 6.78. The van der Waals surface area contributed by atoms with E-state index in [1.54, 1.807) is 35.0 Å². The highest BCUT2D eigenvalue weighted by atomic mass is 32.1. The molecule has 4 rings (SSSR count). The van der Waals surface area contributed by atoms with Crippen molar-refractivity contribution in [3.05, 3.63) is 52.7 Å². The largest absolute Gasteiger partial charge is 0.467 e. The van der Waals surface area contributed by atoms with Crippen LogP contribution < -0.4 is 5.32 Å². The zero-order chi connectivity index (χ0) is 19.3. The van der Waals surface area contributed by atoms with Crippen LogP contribution in [0, 0.1) is 5.92 Å². The number of thiazole rings is 1. The minimum Gasteiger partial charge on any atom is -0.467 e. The number of hydrogen-bond donors (Lipinski definition) is 1. The van der Waals surface area contributed by atoms with E-state index in [0.717, 1.165) is 21.3 Å². The molecule has 1 aliphatic rings. The van der Waals surface area contributed by atoms with Gasteiger partial charge in [0.25, 0.3) is 0 Å². The third-order valence-electron chi connectivity index (χ3n) is 4.85. The fourth-order valence-electron chi connectivity index (χ4n) is 3.29. The van der Waals surface area contributed by atoms with E-state index in [9.17, 15) is 9.59 Å². The molecule has 8 heteroatoms. The minimum absolute atomic E-state index is 0.0311. The number of carbonyl (C=O) groups excluding carboxylic acids is 2. The Morgan fingerprint density at radius 1 is 1.21 bits per heavy atom. The first-order chi connectivity index (χ1) is 13.7. The van der Waals surface area contributed by atoms with E-state index in [4.69, 9.17) is 4.42 Å². The Hall–Kier alpha value is -2.45. The lowest BCUT2D eigenvalue weighted by molar-refractivity contribution is -0.135. The van der Waals surface area contributed by atoms with Crippen LogP contribution in [-0.4, -0.2) is 34.8 Å². The van der Waals surface area contributed by atoms with Gasteiger partial charge in [-0.05, 0) is 36.4 Å². The Morgan fingerprint density at radius 2 is 2.07 bits per heavy atom. The number of piperidine rings is 1. The number of hydrogen-bond acceptors (Lipinski definition) is 6. The van der Waals surface area contributed by atoms with Crippen molar-refractivity contribution in [2.45, 2.75) is 25.8 Å². The van der Waals surface area contributed by atoms with Gasteiger partial charge >= 0.3 is 0 Å². The summed E-state index contributed by atoms with van der Waals surface area (Å²) in [4.78, 5) is 32.5. The van der Waals surface area contributed by atoms with Gasteiger partial charge in [0.05, 0.1) is 29.8 Å². The number of aromatic nitrogens is 1. The normalized spacial score (nSPS) is 14.9. The molecule has 146 valence electrons. The second kappa shape index (κ2) is 8.70. The predicted molar refractivity (Wildman–Crippen MR) is 109 cm³/mol. The molecular formula is C20H21N3O3S2. The zero-order valence-corrected chi connectivity index (χ0v) is 16.9. The molecule has 1 saturated heterocycles. The van der Waals surface area contributed by atoms with Crippen LogP contribution in [-0.2, 0) is 22.6 Å². The van der Waals surface area contributed by atoms with Crippen LogP contribution in [0.1, 0.15) is 24.3 Å².